The summed E-state index contributed by atoms with van der Waals surface area (Å²) in [6.45, 7) is 3.87. The van der Waals surface area contributed by atoms with Crippen molar-refractivity contribution >= 4 is 11.6 Å². The summed E-state index contributed by atoms with van der Waals surface area (Å²) in [5, 5.41) is 6.10. The lowest BCUT2D eigenvalue weighted by molar-refractivity contribution is -0.141. The van der Waals surface area contributed by atoms with E-state index in [2.05, 4.69) is 10.6 Å². The van der Waals surface area contributed by atoms with Gasteiger partial charge in [-0.25, -0.2) is 0 Å². The number of carbonyl (C=O) groups is 1. The average molecular weight is 190 g/mol. The average Bonchev–Trinajstić information content (AvgIpc) is 2.19. The minimum atomic E-state index is -0.310. The topological polar surface area (TPSA) is 41.1 Å². The van der Waals surface area contributed by atoms with Gasteiger partial charge in [-0.2, -0.15) is 0 Å². The lowest BCUT2D eigenvalue weighted by Gasteiger charge is -2.44. The number of anilines is 1. The van der Waals surface area contributed by atoms with Crippen LogP contribution in [0.3, 0.4) is 0 Å². The number of rotatable bonds is 2. The molecule has 2 rings (SSSR count). The maximum Gasteiger partial charge on any atom is 0.231 e. The van der Waals surface area contributed by atoms with Crippen LogP contribution in [0.1, 0.15) is 13.8 Å². The molecule has 0 aliphatic carbocycles. The molecule has 1 aliphatic heterocycles. The molecule has 1 aromatic rings. The molecule has 1 aliphatic rings. The van der Waals surface area contributed by atoms with Gasteiger partial charge in [-0.1, -0.05) is 18.2 Å². The van der Waals surface area contributed by atoms with E-state index in [0.717, 1.165) is 5.69 Å². The van der Waals surface area contributed by atoms with Gasteiger partial charge in [0.05, 0.1) is 5.41 Å². The summed E-state index contributed by atoms with van der Waals surface area (Å²) in [4.78, 5) is 11.2. The summed E-state index contributed by atoms with van der Waals surface area (Å²) >= 11 is 0. The number of benzene rings is 1. The molecule has 1 heterocycles. The van der Waals surface area contributed by atoms with Crippen molar-refractivity contribution in [2.45, 2.75) is 20.0 Å². The molecule has 0 radical (unpaired) electrons. The maximum absolute atomic E-state index is 11.2. The first-order valence-electron chi connectivity index (χ1n) is 4.73. The lowest BCUT2D eigenvalue weighted by Crippen LogP contribution is -2.67. The van der Waals surface area contributed by atoms with E-state index >= 15 is 0 Å². The number of hydrogen-bond acceptors (Lipinski definition) is 2. The van der Waals surface area contributed by atoms with Gasteiger partial charge in [0.1, 0.15) is 6.17 Å². The molecule has 3 nitrogen and oxygen atoms in total. The third-order valence-electron chi connectivity index (χ3n) is 2.67. The standard InChI is InChI=1S/C11H14N2O/c1-11(2)9(13-10(11)14)12-8-6-4-3-5-7-8/h3-7,9,12H,1-2H3,(H,13,14). The largest absolute Gasteiger partial charge is 0.364 e. The smallest absolute Gasteiger partial charge is 0.231 e. The zero-order valence-electron chi connectivity index (χ0n) is 8.37. The molecule has 0 saturated carbocycles. The number of nitrogens with one attached hydrogen (secondary N) is 2. The van der Waals surface area contributed by atoms with Gasteiger partial charge in [0, 0.05) is 5.69 Å². The summed E-state index contributed by atoms with van der Waals surface area (Å²) in [6, 6.07) is 9.88. The van der Waals surface area contributed by atoms with E-state index in [1.807, 2.05) is 44.2 Å². The van der Waals surface area contributed by atoms with Crippen LogP contribution in [0.4, 0.5) is 5.69 Å². The molecule has 2 N–H and O–H groups in total. The number of para-hydroxylation sites is 1. The quantitative estimate of drug-likeness (QED) is 0.695. The van der Waals surface area contributed by atoms with Gasteiger partial charge in [-0.05, 0) is 26.0 Å². The molecular weight excluding hydrogens is 176 g/mol. The van der Waals surface area contributed by atoms with Crippen molar-refractivity contribution in [2.24, 2.45) is 5.41 Å². The fourth-order valence-corrected chi connectivity index (χ4v) is 1.47. The number of amides is 1. The van der Waals surface area contributed by atoms with Crippen LogP contribution in [0.25, 0.3) is 0 Å². The van der Waals surface area contributed by atoms with Crippen LogP contribution in [0.15, 0.2) is 30.3 Å². The van der Waals surface area contributed by atoms with Crippen molar-refractivity contribution in [1.29, 1.82) is 0 Å². The first-order chi connectivity index (χ1) is 6.60. The molecule has 14 heavy (non-hydrogen) atoms. The number of carbonyl (C=O) groups excluding carboxylic acids is 1. The Balaban J connectivity index is 2.04. The summed E-state index contributed by atoms with van der Waals surface area (Å²) in [5.74, 6) is 0.103. The molecule has 1 saturated heterocycles. The van der Waals surface area contributed by atoms with E-state index in [4.69, 9.17) is 0 Å². The predicted octanol–water partition coefficient (Wildman–Crippen LogP) is 1.58. The molecular formula is C11H14N2O. The molecule has 0 bridgehead atoms. The second kappa shape index (κ2) is 3.01. The predicted molar refractivity (Wildman–Crippen MR) is 55.8 cm³/mol. The van der Waals surface area contributed by atoms with E-state index in [1.165, 1.54) is 0 Å². The summed E-state index contributed by atoms with van der Waals surface area (Å²) in [5.41, 5.74) is 0.723. The summed E-state index contributed by atoms with van der Waals surface area (Å²) < 4.78 is 0. The van der Waals surface area contributed by atoms with Gasteiger partial charge >= 0.3 is 0 Å². The van der Waals surface area contributed by atoms with Gasteiger partial charge < -0.3 is 10.6 Å². The van der Waals surface area contributed by atoms with Crippen molar-refractivity contribution in [2.75, 3.05) is 5.32 Å². The lowest BCUT2D eigenvalue weighted by atomic mass is 9.81. The molecule has 1 amide bonds. The molecule has 1 aromatic carbocycles. The van der Waals surface area contributed by atoms with E-state index in [0.29, 0.717) is 0 Å². The first kappa shape index (κ1) is 9.06. The highest BCUT2D eigenvalue weighted by atomic mass is 16.2. The highest BCUT2D eigenvalue weighted by Gasteiger charge is 2.47. The second-order valence-corrected chi connectivity index (χ2v) is 4.14. The fourth-order valence-electron chi connectivity index (χ4n) is 1.47. The fraction of sp³-hybridized carbons (Fsp3) is 0.364. The van der Waals surface area contributed by atoms with E-state index in [-0.39, 0.29) is 17.5 Å². The molecule has 1 fully saturated rings. The Morgan fingerprint density at radius 3 is 2.43 bits per heavy atom. The molecule has 1 atom stereocenters. The van der Waals surface area contributed by atoms with Crippen LogP contribution in [0.5, 0.6) is 0 Å². The minimum Gasteiger partial charge on any atom is -0.364 e. The molecule has 3 heteroatoms. The first-order valence-corrected chi connectivity index (χ1v) is 4.73. The number of β-lactam (4-membered cyclic amide) rings is 1. The highest BCUT2D eigenvalue weighted by Crippen LogP contribution is 2.30. The third-order valence-corrected chi connectivity index (χ3v) is 2.67. The Hall–Kier alpha value is -1.51. The van der Waals surface area contributed by atoms with E-state index in [9.17, 15) is 4.79 Å². The Morgan fingerprint density at radius 2 is 1.93 bits per heavy atom. The monoisotopic (exact) mass is 190 g/mol. The zero-order valence-corrected chi connectivity index (χ0v) is 8.37. The van der Waals surface area contributed by atoms with Crippen LogP contribution in [0.2, 0.25) is 0 Å². The molecule has 1 unspecified atom stereocenters. The van der Waals surface area contributed by atoms with Gasteiger partial charge in [0.2, 0.25) is 5.91 Å². The highest BCUT2D eigenvalue weighted by molar-refractivity contribution is 5.90. The van der Waals surface area contributed by atoms with Crippen molar-refractivity contribution in [3.63, 3.8) is 0 Å². The van der Waals surface area contributed by atoms with Crippen molar-refractivity contribution in [3.8, 4) is 0 Å². The maximum atomic E-state index is 11.2. The van der Waals surface area contributed by atoms with Crippen molar-refractivity contribution < 1.29 is 4.79 Å². The van der Waals surface area contributed by atoms with Gasteiger partial charge in [-0.3, -0.25) is 4.79 Å². The van der Waals surface area contributed by atoms with Crippen LogP contribution in [-0.2, 0) is 4.79 Å². The summed E-state index contributed by atoms with van der Waals surface area (Å²) in [7, 11) is 0. The minimum absolute atomic E-state index is 0.0393. The van der Waals surface area contributed by atoms with Gasteiger partial charge in [0.25, 0.3) is 0 Å². The SMILES string of the molecule is CC1(C)C(=O)NC1Nc1ccccc1. The van der Waals surface area contributed by atoms with Crippen LogP contribution in [0, 0.1) is 5.41 Å². The molecule has 0 spiro atoms. The van der Waals surface area contributed by atoms with Crippen molar-refractivity contribution in [3.05, 3.63) is 30.3 Å². The van der Waals surface area contributed by atoms with Crippen molar-refractivity contribution in [1.82, 2.24) is 5.32 Å². The van der Waals surface area contributed by atoms with Gasteiger partial charge in [-0.15, -0.1) is 0 Å². The third kappa shape index (κ3) is 1.35. The molecule has 0 aromatic heterocycles. The zero-order chi connectivity index (χ0) is 10.2. The van der Waals surface area contributed by atoms with E-state index < -0.39 is 0 Å². The van der Waals surface area contributed by atoms with Gasteiger partial charge in [0.15, 0.2) is 0 Å². The second-order valence-electron chi connectivity index (χ2n) is 4.14. The van der Waals surface area contributed by atoms with Crippen LogP contribution >= 0.6 is 0 Å². The Kier molecular flexibility index (Phi) is 1.95. The van der Waals surface area contributed by atoms with Crippen LogP contribution in [-0.4, -0.2) is 12.1 Å². The Bertz CT molecular complexity index is 346. The van der Waals surface area contributed by atoms with Crippen LogP contribution < -0.4 is 10.6 Å². The molecule has 74 valence electrons. The summed E-state index contributed by atoms with van der Waals surface area (Å²) in [6.07, 6.45) is 0.0393. The van der Waals surface area contributed by atoms with E-state index in [1.54, 1.807) is 0 Å². The number of hydrogen-bond donors (Lipinski definition) is 2. The Morgan fingerprint density at radius 1 is 1.29 bits per heavy atom. The normalized spacial score (nSPS) is 23.6. The Labute approximate surface area is 83.5 Å².